The average Bonchev–Trinajstić information content (AvgIpc) is 2.86. The van der Waals surface area contributed by atoms with Crippen molar-refractivity contribution in [2.24, 2.45) is 5.92 Å². The Bertz CT molecular complexity index is 1210. The van der Waals surface area contributed by atoms with Crippen molar-refractivity contribution in [2.45, 2.75) is 26.3 Å². The van der Waals surface area contributed by atoms with Gasteiger partial charge in [0, 0.05) is 31.6 Å². The predicted molar refractivity (Wildman–Crippen MR) is 128 cm³/mol. The van der Waals surface area contributed by atoms with Crippen LogP contribution in [0.5, 0.6) is 0 Å². The van der Waals surface area contributed by atoms with E-state index >= 15 is 0 Å². The highest BCUT2D eigenvalue weighted by Gasteiger charge is 2.29. The number of carbonyl (C=O) groups excluding carboxylic acids is 2. The fourth-order valence-corrected chi connectivity index (χ4v) is 4.18. The summed E-state index contributed by atoms with van der Waals surface area (Å²) >= 11 is 0. The molecule has 0 bridgehead atoms. The van der Waals surface area contributed by atoms with Crippen molar-refractivity contribution in [1.82, 2.24) is 19.8 Å². The molecule has 1 N–H and O–H groups in total. The van der Waals surface area contributed by atoms with Crippen molar-refractivity contribution in [2.75, 3.05) is 19.6 Å². The Morgan fingerprint density at radius 1 is 1.09 bits per heavy atom. The van der Waals surface area contributed by atoms with Crippen LogP contribution in [0.2, 0.25) is 0 Å². The number of H-pyrrole nitrogens is 1. The first-order chi connectivity index (χ1) is 16.0. The minimum atomic E-state index is -0.200. The van der Waals surface area contributed by atoms with Gasteiger partial charge in [-0.05, 0) is 43.5 Å². The van der Waals surface area contributed by atoms with Gasteiger partial charge in [-0.1, -0.05) is 42.5 Å². The fraction of sp³-hybridized carbons (Fsp3) is 0.308. The average molecular weight is 445 g/mol. The number of amides is 2. The Morgan fingerprint density at radius 2 is 1.79 bits per heavy atom. The molecule has 1 aliphatic heterocycles. The second-order valence-electron chi connectivity index (χ2n) is 8.23. The number of rotatable bonds is 6. The second kappa shape index (κ2) is 10.3. The van der Waals surface area contributed by atoms with Crippen LogP contribution in [-0.4, -0.2) is 51.2 Å². The van der Waals surface area contributed by atoms with Crippen molar-refractivity contribution in [3.05, 3.63) is 82.4 Å². The number of aromatic amines is 1. The van der Waals surface area contributed by atoms with Gasteiger partial charge in [0.1, 0.15) is 5.82 Å². The zero-order valence-electron chi connectivity index (χ0n) is 18.7. The normalized spacial score (nSPS) is 14.6. The topological polar surface area (TPSA) is 86.4 Å². The number of hydrogen-bond donors (Lipinski definition) is 1. The Hall–Kier alpha value is -3.74. The largest absolute Gasteiger partial charge is 0.339 e. The lowest BCUT2D eigenvalue weighted by molar-refractivity contribution is -0.139. The van der Waals surface area contributed by atoms with Gasteiger partial charge in [0.05, 0.1) is 17.4 Å². The number of fused-ring (bicyclic) bond motifs is 1. The SMILES string of the molecule is CCN(Cc1nc2ccccc2c(=O)[nH]1)C(=O)C1CCN(C(=O)/C=C/c2ccccc2)CC1. The van der Waals surface area contributed by atoms with E-state index in [0.29, 0.717) is 49.2 Å². The Balaban J connectivity index is 1.35. The van der Waals surface area contributed by atoms with Gasteiger partial charge in [-0.3, -0.25) is 14.4 Å². The highest BCUT2D eigenvalue weighted by molar-refractivity contribution is 5.92. The van der Waals surface area contributed by atoms with Crippen LogP contribution < -0.4 is 5.56 Å². The third kappa shape index (κ3) is 5.37. The molecule has 0 atom stereocenters. The van der Waals surface area contributed by atoms with Gasteiger partial charge >= 0.3 is 0 Å². The molecule has 4 rings (SSSR count). The maximum atomic E-state index is 13.2. The van der Waals surface area contributed by atoms with E-state index in [1.807, 2.05) is 49.4 Å². The molecule has 1 fully saturated rings. The van der Waals surface area contributed by atoms with Gasteiger partial charge in [0.15, 0.2) is 0 Å². The van der Waals surface area contributed by atoms with Crippen LogP contribution in [0, 0.1) is 5.92 Å². The summed E-state index contributed by atoms with van der Waals surface area (Å²) in [6.07, 6.45) is 4.66. The monoisotopic (exact) mass is 444 g/mol. The maximum Gasteiger partial charge on any atom is 0.258 e. The van der Waals surface area contributed by atoms with E-state index in [2.05, 4.69) is 9.97 Å². The van der Waals surface area contributed by atoms with Crippen molar-refractivity contribution < 1.29 is 9.59 Å². The van der Waals surface area contributed by atoms with Gasteiger partial charge in [-0.2, -0.15) is 0 Å². The number of piperidine rings is 1. The summed E-state index contributed by atoms with van der Waals surface area (Å²) < 4.78 is 0. The van der Waals surface area contributed by atoms with Crippen molar-refractivity contribution >= 4 is 28.8 Å². The lowest BCUT2D eigenvalue weighted by Crippen LogP contribution is -2.44. The number of nitrogens with zero attached hydrogens (tertiary/aromatic N) is 3. The molecule has 0 radical (unpaired) electrons. The summed E-state index contributed by atoms with van der Waals surface area (Å²) in [7, 11) is 0. The van der Waals surface area contributed by atoms with Gasteiger partial charge in [0.2, 0.25) is 11.8 Å². The molecule has 2 aromatic carbocycles. The van der Waals surface area contributed by atoms with Crippen LogP contribution in [-0.2, 0) is 16.1 Å². The van der Waals surface area contributed by atoms with E-state index in [1.54, 1.807) is 34.1 Å². The number of carbonyl (C=O) groups is 2. The molecule has 0 spiro atoms. The molecule has 7 heteroatoms. The van der Waals surface area contributed by atoms with Gasteiger partial charge in [0.25, 0.3) is 5.56 Å². The molecular weight excluding hydrogens is 416 g/mol. The zero-order valence-corrected chi connectivity index (χ0v) is 18.7. The standard InChI is InChI=1S/C26H28N4O3/c1-2-29(18-23-27-22-11-7-6-10-21(22)25(32)28-23)26(33)20-14-16-30(17-15-20)24(31)13-12-19-8-4-3-5-9-19/h3-13,20H,2,14-18H2,1H3,(H,27,28,32)/b13-12+. The summed E-state index contributed by atoms with van der Waals surface area (Å²) in [4.78, 5) is 48.9. The minimum Gasteiger partial charge on any atom is -0.339 e. The summed E-state index contributed by atoms with van der Waals surface area (Å²) in [5, 5.41) is 0.536. The number of nitrogens with one attached hydrogen (secondary N) is 1. The molecule has 1 aromatic heterocycles. The van der Waals surface area contributed by atoms with Gasteiger partial charge in [-0.25, -0.2) is 4.98 Å². The van der Waals surface area contributed by atoms with E-state index < -0.39 is 0 Å². The van der Waals surface area contributed by atoms with Crippen molar-refractivity contribution in [3.8, 4) is 0 Å². The Kier molecular flexibility index (Phi) is 6.98. The number of likely N-dealkylation sites (tertiary alicyclic amines) is 1. The lowest BCUT2D eigenvalue weighted by atomic mass is 9.95. The first-order valence-electron chi connectivity index (χ1n) is 11.3. The molecule has 0 saturated carbocycles. The summed E-state index contributed by atoms with van der Waals surface area (Å²) in [6.45, 7) is 3.81. The molecular formula is C26H28N4O3. The van der Waals surface area contributed by atoms with Gasteiger partial charge in [-0.15, -0.1) is 0 Å². The van der Waals surface area contributed by atoms with E-state index in [1.165, 1.54) is 0 Å². The smallest absolute Gasteiger partial charge is 0.258 e. The number of aromatic nitrogens is 2. The lowest BCUT2D eigenvalue weighted by Gasteiger charge is -2.33. The summed E-state index contributed by atoms with van der Waals surface area (Å²) in [6, 6.07) is 16.9. The van der Waals surface area contributed by atoms with E-state index in [0.717, 1.165) is 5.56 Å². The maximum absolute atomic E-state index is 13.2. The Morgan fingerprint density at radius 3 is 2.52 bits per heavy atom. The van der Waals surface area contributed by atoms with Crippen molar-refractivity contribution in [3.63, 3.8) is 0 Å². The molecule has 1 aliphatic rings. The molecule has 3 aromatic rings. The van der Waals surface area contributed by atoms with Gasteiger partial charge < -0.3 is 14.8 Å². The molecule has 7 nitrogen and oxygen atoms in total. The highest BCUT2D eigenvalue weighted by atomic mass is 16.2. The third-order valence-corrected chi connectivity index (χ3v) is 6.07. The van der Waals surface area contributed by atoms with E-state index in [-0.39, 0.29) is 29.8 Å². The number of benzene rings is 2. The first-order valence-corrected chi connectivity index (χ1v) is 11.3. The summed E-state index contributed by atoms with van der Waals surface area (Å²) in [5.74, 6) is 0.349. The molecule has 0 aliphatic carbocycles. The number of hydrogen-bond acceptors (Lipinski definition) is 4. The van der Waals surface area contributed by atoms with Crippen LogP contribution in [0.3, 0.4) is 0 Å². The van der Waals surface area contributed by atoms with Crippen LogP contribution in [0.25, 0.3) is 17.0 Å². The molecule has 1 saturated heterocycles. The Labute approximate surface area is 192 Å². The summed E-state index contributed by atoms with van der Waals surface area (Å²) in [5.41, 5.74) is 1.40. The molecule has 0 unspecified atom stereocenters. The quantitative estimate of drug-likeness (QED) is 0.592. The van der Waals surface area contributed by atoms with E-state index in [9.17, 15) is 14.4 Å². The second-order valence-corrected chi connectivity index (χ2v) is 8.23. The van der Waals surface area contributed by atoms with Crippen LogP contribution in [0.15, 0.2) is 65.5 Å². The van der Waals surface area contributed by atoms with E-state index in [4.69, 9.17) is 0 Å². The fourth-order valence-electron chi connectivity index (χ4n) is 4.18. The molecule has 33 heavy (non-hydrogen) atoms. The third-order valence-electron chi connectivity index (χ3n) is 6.07. The van der Waals surface area contributed by atoms with Crippen LogP contribution in [0.1, 0.15) is 31.2 Å². The number of para-hydroxylation sites is 1. The highest BCUT2D eigenvalue weighted by Crippen LogP contribution is 2.21. The predicted octanol–water partition coefficient (Wildman–Crippen LogP) is 3.22. The molecule has 170 valence electrons. The van der Waals surface area contributed by atoms with Crippen LogP contribution in [0.4, 0.5) is 0 Å². The molecule has 2 heterocycles. The van der Waals surface area contributed by atoms with Crippen molar-refractivity contribution in [1.29, 1.82) is 0 Å². The minimum absolute atomic E-state index is 0.0324. The van der Waals surface area contributed by atoms with Crippen LogP contribution >= 0.6 is 0 Å². The molecule has 2 amide bonds. The first kappa shape index (κ1) is 22.5. The zero-order chi connectivity index (χ0) is 23.2.